The molecule has 2 rings (SSSR count). The number of phenolic OH excluding ortho intramolecular Hbond substituents is 1. The SMILES string of the molecule is CCCC(OCC)c1noc(-c2cc(OC)ccc2O)n1. The van der Waals surface area contributed by atoms with Crippen LogP contribution < -0.4 is 4.74 Å². The quantitative estimate of drug-likeness (QED) is 0.843. The largest absolute Gasteiger partial charge is 0.507 e. The average Bonchev–Trinajstić information content (AvgIpc) is 2.97. The highest BCUT2D eigenvalue weighted by Crippen LogP contribution is 2.32. The molecule has 0 saturated heterocycles. The Balaban J connectivity index is 2.30. The summed E-state index contributed by atoms with van der Waals surface area (Å²) < 4.78 is 16.0. The third-order valence-corrected chi connectivity index (χ3v) is 3.08. The van der Waals surface area contributed by atoms with Gasteiger partial charge < -0.3 is 19.1 Å². The van der Waals surface area contributed by atoms with Crippen molar-refractivity contribution in [1.29, 1.82) is 0 Å². The van der Waals surface area contributed by atoms with Gasteiger partial charge >= 0.3 is 0 Å². The zero-order chi connectivity index (χ0) is 15.2. The predicted molar refractivity (Wildman–Crippen MR) is 77.2 cm³/mol. The zero-order valence-corrected chi connectivity index (χ0v) is 12.5. The lowest BCUT2D eigenvalue weighted by Gasteiger charge is -2.11. The molecule has 6 heteroatoms. The van der Waals surface area contributed by atoms with Crippen molar-refractivity contribution in [3.05, 3.63) is 24.0 Å². The molecule has 1 atom stereocenters. The second-order valence-electron chi connectivity index (χ2n) is 4.57. The highest BCUT2D eigenvalue weighted by atomic mass is 16.5. The minimum Gasteiger partial charge on any atom is -0.507 e. The lowest BCUT2D eigenvalue weighted by Crippen LogP contribution is -2.05. The lowest BCUT2D eigenvalue weighted by molar-refractivity contribution is 0.0478. The van der Waals surface area contributed by atoms with Crippen LogP contribution in [0.3, 0.4) is 0 Å². The molecule has 21 heavy (non-hydrogen) atoms. The monoisotopic (exact) mass is 292 g/mol. The maximum atomic E-state index is 9.92. The molecule has 1 aromatic carbocycles. The molecule has 114 valence electrons. The number of aromatic nitrogens is 2. The Hall–Kier alpha value is -2.08. The van der Waals surface area contributed by atoms with E-state index in [1.165, 1.54) is 6.07 Å². The first-order chi connectivity index (χ1) is 10.2. The van der Waals surface area contributed by atoms with E-state index in [1.54, 1.807) is 19.2 Å². The molecular weight excluding hydrogens is 272 g/mol. The molecule has 0 bridgehead atoms. The first-order valence-corrected chi connectivity index (χ1v) is 7.02. The molecule has 6 nitrogen and oxygen atoms in total. The van der Waals surface area contributed by atoms with E-state index in [9.17, 15) is 5.11 Å². The summed E-state index contributed by atoms with van der Waals surface area (Å²) >= 11 is 0. The summed E-state index contributed by atoms with van der Waals surface area (Å²) in [6, 6.07) is 4.85. The lowest BCUT2D eigenvalue weighted by atomic mass is 10.2. The van der Waals surface area contributed by atoms with Crippen molar-refractivity contribution in [2.75, 3.05) is 13.7 Å². The van der Waals surface area contributed by atoms with Crippen molar-refractivity contribution >= 4 is 0 Å². The van der Waals surface area contributed by atoms with Gasteiger partial charge in [0.15, 0.2) is 0 Å². The van der Waals surface area contributed by atoms with Gasteiger partial charge in [-0.3, -0.25) is 0 Å². The molecule has 0 saturated carbocycles. The first kappa shape index (κ1) is 15.3. The number of rotatable bonds is 7. The van der Waals surface area contributed by atoms with E-state index in [1.807, 2.05) is 6.92 Å². The van der Waals surface area contributed by atoms with Gasteiger partial charge in [0.2, 0.25) is 5.82 Å². The van der Waals surface area contributed by atoms with Gasteiger partial charge in [0.25, 0.3) is 5.89 Å². The van der Waals surface area contributed by atoms with Crippen LogP contribution in [-0.2, 0) is 4.74 Å². The highest BCUT2D eigenvalue weighted by Gasteiger charge is 2.20. The number of benzene rings is 1. The van der Waals surface area contributed by atoms with Crippen molar-refractivity contribution in [2.24, 2.45) is 0 Å². The van der Waals surface area contributed by atoms with Crippen LogP contribution >= 0.6 is 0 Å². The van der Waals surface area contributed by atoms with Gasteiger partial charge in [0, 0.05) is 6.61 Å². The molecule has 1 unspecified atom stereocenters. The zero-order valence-electron chi connectivity index (χ0n) is 12.5. The topological polar surface area (TPSA) is 77.6 Å². The second-order valence-corrected chi connectivity index (χ2v) is 4.57. The Morgan fingerprint density at radius 1 is 1.33 bits per heavy atom. The third kappa shape index (κ3) is 3.52. The van der Waals surface area contributed by atoms with Crippen LogP contribution in [0.5, 0.6) is 11.5 Å². The molecule has 0 radical (unpaired) electrons. The smallest absolute Gasteiger partial charge is 0.261 e. The number of nitrogens with zero attached hydrogens (tertiary/aromatic N) is 2. The van der Waals surface area contributed by atoms with E-state index < -0.39 is 0 Å². The van der Waals surface area contributed by atoms with E-state index in [0.29, 0.717) is 23.7 Å². The van der Waals surface area contributed by atoms with Gasteiger partial charge in [-0.05, 0) is 31.5 Å². The third-order valence-electron chi connectivity index (χ3n) is 3.08. The standard InChI is InChI=1S/C15H20N2O4/c1-4-6-13(20-5-2)14-16-15(21-17-14)11-9-10(19-3)7-8-12(11)18/h7-9,13,18H,4-6H2,1-3H3. The van der Waals surface area contributed by atoms with Crippen LogP contribution in [-0.4, -0.2) is 29.0 Å². The van der Waals surface area contributed by atoms with Crippen LogP contribution in [0.25, 0.3) is 11.5 Å². The maximum Gasteiger partial charge on any atom is 0.261 e. The molecule has 0 fully saturated rings. The van der Waals surface area contributed by atoms with Crippen LogP contribution in [0.15, 0.2) is 22.7 Å². The summed E-state index contributed by atoms with van der Waals surface area (Å²) in [5.41, 5.74) is 0.444. The van der Waals surface area contributed by atoms with E-state index in [4.69, 9.17) is 14.0 Å². The van der Waals surface area contributed by atoms with Crippen molar-refractivity contribution in [3.8, 4) is 23.0 Å². The Morgan fingerprint density at radius 3 is 2.81 bits per heavy atom. The molecule has 0 aliphatic rings. The summed E-state index contributed by atoms with van der Waals surface area (Å²) in [4.78, 5) is 4.34. The summed E-state index contributed by atoms with van der Waals surface area (Å²) in [7, 11) is 1.56. The van der Waals surface area contributed by atoms with E-state index >= 15 is 0 Å². The summed E-state index contributed by atoms with van der Waals surface area (Å²) in [5, 5.41) is 13.9. The summed E-state index contributed by atoms with van der Waals surface area (Å²) in [5.74, 6) is 1.42. The predicted octanol–water partition coefficient (Wildman–Crippen LogP) is 3.33. The minimum absolute atomic E-state index is 0.0643. The Kier molecular flexibility index (Phi) is 5.16. The van der Waals surface area contributed by atoms with Crippen LogP contribution in [0.1, 0.15) is 38.6 Å². The second kappa shape index (κ2) is 7.08. The number of hydrogen-bond acceptors (Lipinski definition) is 6. The van der Waals surface area contributed by atoms with Crippen LogP contribution in [0.2, 0.25) is 0 Å². The highest BCUT2D eigenvalue weighted by molar-refractivity contribution is 5.64. The van der Waals surface area contributed by atoms with Crippen molar-refractivity contribution in [2.45, 2.75) is 32.8 Å². The minimum atomic E-state index is -0.190. The van der Waals surface area contributed by atoms with Crippen LogP contribution in [0.4, 0.5) is 0 Å². The van der Waals surface area contributed by atoms with Gasteiger partial charge in [-0.25, -0.2) is 0 Å². The Morgan fingerprint density at radius 2 is 2.14 bits per heavy atom. The summed E-state index contributed by atoms with van der Waals surface area (Å²) in [6.45, 7) is 4.58. The first-order valence-electron chi connectivity index (χ1n) is 7.02. The fourth-order valence-corrected chi connectivity index (χ4v) is 2.04. The van der Waals surface area contributed by atoms with Gasteiger partial charge in [-0.2, -0.15) is 4.98 Å². The fourth-order valence-electron chi connectivity index (χ4n) is 2.04. The van der Waals surface area contributed by atoms with Gasteiger partial charge in [0.05, 0.1) is 12.7 Å². The number of methoxy groups -OCH3 is 1. The molecule has 1 heterocycles. The molecule has 1 N–H and O–H groups in total. The number of aromatic hydroxyl groups is 1. The van der Waals surface area contributed by atoms with E-state index in [0.717, 1.165) is 12.8 Å². The number of hydrogen-bond donors (Lipinski definition) is 1. The van der Waals surface area contributed by atoms with E-state index in [2.05, 4.69) is 17.1 Å². The molecule has 2 aromatic rings. The molecule has 0 spiro atoms. The average molecular weight is 292 g/mol. The van der Waals surface area contributed by atoms with Gasteiger partial charge in [0.1, 0.15) is 17.6 Å². The number of ether oxygens (including phenoxy) is 2. The molecule has 0 aliphatic heterocycles. The molecular formula is C15H20N2O4. The molecule has 1 aromatic heterocycles. The van der Waals surface area contributed by atoms with Crippen molar-refractivity contribution in [3.63, 3.8) is 0 Å². The number of phenols is 1. The Labute approximate surface area is 123 Å². The van der Waals surface area contributed by atoms with Gasteiger partial charge in [-0.1, -0.05) is 18.5 Å². The fraction of sp³-hybridized carbons (Fsp3) is 0.467. The van der Waals surface area contributed by atoms with Crippen molar-refractivity contribution < 1.29 is 19.1 Å². The van der Waals surface area contributed by atoms with E-state index in [-0.39, 0.29) is 17.7 Å². The Bertz CT molecular complexity index is 577. The molecule has 0 amide bonds. The maximum absolute atomic E-state index is 9.92. The van der Waals surface area contributed by atoms with Crippen LogP contribution in [0, 0.1) is 0 Å². The summed E-state index contributed by atoms with van der Waals surface area (Å²) in [6.07, 6.45) is 1.58. The van der Waals surface area contributed by atoms with Crippen molar-refractivity contribution in [1.82, 2.24) is 10.1 Å². The normalized spacial score (nSPS) is 12.3. The molecule has 0 aliphatic carbocycles. The van der Waals surface area contributed by atoms with Gasteiger partial charge in [-0.15, -0.1) is 0 Å².